The fraction of sp³-hybridized carbons (Fsp3) is 0.400. The molecule has 1 heterocycles. The number of hydrogen-bond donors (Lipinski definition) is 1. The van der Waals surface area contributed by atoms with Crippen molar-refractivity contribution in [3.05, 3.63) is 51.5 Å². The Hall–Kier alpha value is -1.19. The van der Waals surface area contributed by atoms with Crippen LogP contribution in [0.15, 0.2) is 29.8 Å². The van der Waals surface area contributed by atoms with Gasteiger partial charge in [-0.1, -0.05) is 45.0 Å². The second kappa shape index (κ2) is 4.82. The third-order valence-electron chi connectivity index (χ3n) is 3.20. The Kier molecular flexibility index (Phi) is 3.55. The van der Waals surface area contributed by atoms with E-state index in [0.29, 0.717) is 0 Å². The van der Waals surface area contributed by atoms with Crippen LogP contribution in [0, 0.1) is 6.92 Å². The van der Waals surface area contributed by atoms with Crippen LogP contribution in [-0.2, 0) is 5.41 Å². The van der Waals surface area contributed by atoms with E-state index in [1.807, 2.05) is 12.4 Å². The summed E-state index contributed by atoms with van der Waals surface area (Å²) < 4.78 is 0. The molecule has 1 aromatic heterocycles. The van der Waals surface area contributed by atoms with Gasteiger partial charge < -0.3 is 5.73 Å². The molecule has 0 aliphatic carbocycles. The van der Waals surface area contributed by atoms with Crippen molar-refractivity contribution in [1.82, 2.24) is 4.98 Å². The van der Waals surface area contributed by atoms with E-state index < -0.39 is 0 Å². The summed E-state index contributed by atoms with van der Waals surface area (Å²) in [4.78, 5) is 5.41. The Morgan fingerprint density at radius 2 is 1.78 bits per heavy atom. The minimum Gasteiger partial charge on any atom is -0.320 e. The maximum atomic E-state index is 6.29. The maximum absolute atomic E-state index is 6.29. The highest BCUT2D eigenvalue weighted by atomic mass is 32.1. The van der Waals surface area contributed by atoms with E-state index in [4.69, 9.17) is 5.73 Å². The van der Waals surface area contributed by atoms with E-state index in [-0.39, 0.29) is 11.5 Å². The largest absolute Gasteiger partial charge is 0.320 e. The average Bonchev–Trinajstić information content (AvgIpc) is 2.73. The molecule has 18 heavy (non-hydrogen) atoms. The Morgan fingerprint density at radius 1 is 1.17 bits per heavy atom. The Bertz CT molecular complexity index is 520. The first kappa shape index (κ1) is 13.2. The molecule has 0 aliphatic rings. The minimum atomic E-state index is -0.0634. The summed E-state index contributed by atoms with van der Waals surface area (Å²) in [5.41, 5.74) is 11.8. The van der Waals surface area contributed by atoms with Crippen molar-refractivity contribution in [3.8, 4) is 0 Å². The number of nitrogens with two attached hydrogens (primary N) is 1. The molecule has 0 fully saturated rings. The second-order valence-corrected chi connectivity index (χ2v) is 6.54. The minimum absolute atomic E-state index is 0.0634. The number of nitrogens with zero attached hydrogens (tertiary/aromatic N) is 1. The van der Waals surface area contributed by atoms with Gasteiger partial charge in [0.1, 0.15) is 0 Å². The SMILES string of the molecule is Cc1ncsc1C(N)c1ccc(C(C)(C)C)cc1. The molecule has 96 valence electrons. The van der Waals surface area contributed by atoms with Crippen LogP contribution in [0.2, 0.25) is 0 Å². The summed E-state index contributed by atoms with van der Waals surface area (Å²) in [6, 6.07) is 8.54. The molecule has 1 atom stereocenters. The van der Waals surface area contributed by atoms with Crippen LogP contribution < -0.4 is 5.73 Å². The van der Waals surface area contributed by atoms with E-state index in [0.717, 1.165) is 16.1 Å². The van der Waals surface area contributed by atoms with Gasteiger partial charge in [-0.2, -0.15) is 0 Å². The first-order valence-electron chi connectivity index (χ1n) is 6.15. The lowest BCUT2D eigenvalue weighted by Gasteiger charge is -2.20. The summed E-state index contributed by atoms with van der Waals surface area (Å²) in [5.74, 6) is 0. The third kappa shape index (κ3) is 2.62. The number of thiazole rings is 1. The molecular weight excluding hydrogens is 240 g/mol. The van der Waals surface area contributed by atoms with Gasteiger partial charge in [-0.25, -0.2) is 4.98 Å². The van der Waals surface area contributed by atoms with Gasteiger partial charge in [0.25, 0.3) is 0 Å². The summed E-state index contributed by atoms with van der Waals surface area (Å²) in [6.07, 6.45) is 0. The highest BCUT2D eigenvalue weighted by Gasteiger charge is 2.16. The first-order chi connectivity index (χ1) is 8.39. The molecule has 0 saturated heterocycles. The van der Waals surface area contributed by atoms with E-state index in [9.17, 15) is 0 Å². The van der Waals surface area contributed by atoms with Crippen LogP contribution >= 0.6 is 11.3 Å². The van der Waals surface area contributed by atoms with Gasteiger partial charge >= 0.3 is 0 Å². The van der Waals surface area contributed by atoms with Gasteiger partial charge in [-0.15, -0.1) is 11.3 Å². The molecule has 1 aromatic carbocycles. The summed E-state index contributed by atoms with van der Waals surface area (Å²) in [5, 5.41) is 0. The van der Waals surface area contributed by atoms with Gasteiger partial charge in [0.15, 0.2) is 0 Å². The van der Waals surface area contributed by atoms with Crippen molar-refractivity contribution in [3.63, 3.8) is 0 Å². The number of aryl methyl sites for hydroxylation is 1. The smallest absolute Gasteiger partial charge is 0.0798 e. The number of hydrogen-bond acceptors (Lipinski definition) is 3. The maximum Gasteiger partial charge on any atom is 0.0798 e. The van der Waals surface area contributed by atoms with Crippen LogP contribution in [-0.4, -0.2) is 4.98 Å². The van der Waals surface area contributed by atoms with E-state index >= 15 is 0 Å². The van der Waals surface area contributed by atoms with Gasteiger partial charge in [-0.3, -0.25) is 0 Å². The van der Waals surface area contributed by atoms with Crippen molar-refractivity contribution in [2.24, 2.45) is 5.73 Å². The molecule has 0 saturated carbocycles. The van der Waals surface area contributed by atoms with Gasteiger partial charge in [-0.05, 0) is 23.5 Å². The van der Waals surface area contributed by atoms with Crippen molar-refractivity contribution in [2.45, 2.75) is 39.2 Å². The molecule has 3 heteroatoms. The lowest BCUT2D eigenvalue weighted by molar-refractivity contribution is 0.589. The van der Waals surface area contributed by atoms with Crippen molar-refractivity contribution in [2.75, 3.05) is 0 Å². The van der Waals surface area contributed by atoms with Crippen LogP contribution in [0.1, 0.15) is 48.5 Å². The van der Waals surface area contributed by atoms with E-state index in [1.165, 1.54) is 5.56 Å². The molecule has 2 nitrogen and oxygen atoms in total. The second-order valence-electron chi connectivity index (χ2n) is 5.65. The van der Waals surface area contributed by atoms with Crippen LogP contribution in [0.25, 0.3) is 0 Å². The highest BCUT2D eigenvalue weighted by molar-refractivity contribution is 7.09. The molecule has 2 aromatic rings. The predicted octanol–water partition coefficient (Wildman–Crippen LogP) is 3.80. The lowest BCUT2D eigenvalue weighted by atomic mass is 9.86. The number of benzene rings is 1. The van der Waals surface area contributed by atoms with Crippen molar-refractivity contribution in [1.29, 1.82) is 0 Å². The van der Waals surface area contributed by atoms with Gasteiger partial charge in [0, 0.05) is 4.88 Å². The normalized spacial score (nSPS) is 13.6. The van der Waals surface area contributed by atoms with Crippen molar-refractivity contribution < 1.29 is 0 Å². The fourth-order valence-corrected chi connectivity index (χ4v) is 2.78. The number of rotatable bonds is 2. The summed E-state index contributed by atoms with van der Waals surface area (Å²) >= 11 is 1.63. The Labute approximate surface area is 113 Å². The van der Waals surface area contributed by atoms with Crippen LogP contribution in [0.4, 0.5) is 0 Å². The number of aromatic nitrogens is 1. The van der Waals surface area contributed by atoms with E-state index in [2.05, 4.69) is 50.0 Å². The molecule has 1 unspecified atom stereocenters. The molecule has 2 N–H and O–H groups in total. The molecule has 0 radical (unpaired) electrons. The van der Waals surface area contributed by atoms with Crippen LogP contribution in [0.3, 0.4) is 0 Å². The highest BCUT2D eigenvalue weighted by Crippen LogP contribution is 2.28. The summed E-state index contributed by atoms with van der Waals surface area (Å²) in [6.45, 7) is 8.66. The molecule has 2 rings (SSSR count). The fourth-order valence-electron chi connectivity index (χ4n) is 1.95. The third-order valence-corrected chi connectivity index (χ3v) is 4.22. The molecule has 0 bridgehead atoms. The zero-order valence-corrected chi connectivity index (χ0v) is 12.2. The molecule has 0 aliphatic heterocycles. The van der Waals surface area contributed by atoms with Crippen molar-refractivity contribution >= 4 is 11.3 Å². The zero-order chi connectivity index (χ0) is 13.3. The average molecular weight is 260 g/mol. The van der Waals surface area contributed by atoms with Crippen LogP contribution in [0.5, 0.6) is 0 Å². The lowest BCUT2D eigenvalue weighted by Crippen LogP contribution is -2.14. The molecular formula is C15H20N2S. The summed E-state index contributed by atoms with van der Waals surface area (Å²) in [7, 11) is 0. The van der Waals surface area contributed by atoms with Gasteiger partial charge in [0.2, 0.25) is 0 Å². The molecule has 0 amide bonds. The first-order valence-corrected chi connectivity index (χ1v) is 7.03. The Morgan fingerprint density at radius 3 is 2.22 bits per heavy atom. The standard InChI is InChI=1S/C15H20N2S/c1-10-14(18-9-17-10)13(16)11-5-7-12(8-6-11)15(2,3)4/h5-9,13H,16H2,1-4H3. The monoisotopic (exact) mass is 260 g/mol. The molecule has 0 spiro atoms. The predicted molar refractivity (Wildman–Crippen MR) is 78.0 cm³/mol. The topological polar surface area (TPSA) is 38.9 Å². The van der Waals surface area contributed by atoms with Gasteiger partial charge in [0.05, 0.1) is 17.2 Å². The van der Waals surface area contributed by atoms with E-state index in [1.54, 1.807) is 11.3 Å². The zero-order valence-electron chi connectivity index (χ0n) is 11.4. The quantitative estimate of drug-likeness (QED) is 0.892. The Balaban J connectivity index is 2.28.